The molecule has 0 aliphatic carbocycles. The molecule has 3 heterocycles. The summed E-state index contributed by atoms with van der Waals surface area (Å²) in [6.07, 6.45) is 1.42. The number of halogens is 1. The Hall–Kier alpha value is -1.68. The smallest absolute Gasteiger partial charge is 0.229 e. The van der Waals surface area contributed by atoms with Gasteiger partial charge in [-0.2, -0.15) is 0 Å². The van der Waals surface area contributed by atoms with Crippen molar-refractivity contribution in [2.75, 3.05) is 0 Å². The van der Waals surface area contributed by atoms with Gasteiger partial charge in [-0.1, -0.05) is 11.6 Å². The molecule has 0 aromatic carbocycles. The average Bonchev–Trinajstić information content (AvgIpc) is 2.57. The second-order valence-electron chi connectivity index (χ2n) is 3.25. The van der Waals surface area contributed by atoms with Gasteiger partial charge in [0.2, 0.25) is 5.71 Å². The number of furan rings is 1. The molecule has 74 valence electrons. The summed E-state index contributed by atoms with van der Waals surface area (Å²) < 4.78 is 5.50. The van der Waals surface area contributed by atoms with E-state index in [1.807, 2.05) is 19.1 Å². The molecule has 0 spiro atoms. The summed E-state index contributed by atoms with van der Waals surface area (Å²) in [6, 6.07) is 3.83. The van der Waals surface area contributed by atoms with E-state index in [4.69, 9.17) is 16.0 Å². The molecular weight excluding hydrogens is 214 g/mol. The Morgan fingerprint density at radius 1 is 1.27 bits per heavy atom. The van der Waals surface area contributed by atoms with Gasteiger partial charge in [0.25, 0.3) is 0 Å². The number of aryl methyl sites for hydroxylation is 1. The second kappa shape index (κ2) is 2.90. The van der Waals surface area contributed by atoms with Crippen LogP contribution in [0.4, 0.5) is 0 Å². The van der Waals surface area contributed by atoms with Gasteiger partial charge in [0, 0.05) is 5.69 Å². The Morgan fingerprint density at radius 3 is 3.00 bits per heavy atom. The zero-order valence-electron chi connectivity index (χ0n) is 7.86. The standard InChI is InChI=1S/C10H6ClN3O/c1-5-2-3-6-7-8(15-10(6)14-5)9(11)13-4-12-7/h2-4H,1H3. The molecule has 0 saturated heterocycles. The van der Waals surface area contributed by atoms with Crippen LogP contribution in [0.1, 0.15) is 5.69 Å². The van der Waals surface area contributed by atoms with E-state index in [9.17, 15) is 0 Å². The second-order valence-corrected chi connectivity index (χ2v) is 3.61. The third-order valence-electron chi connectivity index (χ3n) is 2.21. The molecule has 0 N–H and O–H groups in total. The van der Waals surface area contributed by atoms with Crippen molar-refractivity contribution in [3.63, 3.8) is 0 Å². The highest BCUT2D eigenvalue weighted by Crippen LogP contribution is 2.29. The lowest BCUT2D eigenvalue weighted by molar-refractivity contribution is 0.650. The van der Waals surface area contributed by atoms with Crippen LogP contribution in [0.5, 0.6) is 0 Å². The van der Waals surface area contributed by atoms with Gasteiger partial charge in [0.15, 0.2) is 10.7 Å². The van der Waals surface area contributed by atoms with Gasteiger partial charge in [-0.05, 0) is 19.1 Å². The Morgan fingerprint density at radius 2 is 2.13 bits per heavy atom. The van der Waals surface area contributed by atoms with Crippen LogP contribution < -0.4 is 0 Å². The molecule has 0 unspecified atom stereocenters. The highest BCUT2D eigenvalue weighted by Gasteiger charge is 2.12. The highest BCUT2D eigenvalue weighted by atomic mass is 35.5. The van der Waals surface area contributed by atoms with Crippen molar-refractivity contribution in [3.8, 4) is 0 Å². The van der Waals surface area contributed by atoms with Gasteiger partial charge in [-0.15, -0.1) is 0 Å². The van der Waals surface area contributed by atoms with Crippen LogP contribution in [0.3, 0.4) is 0 Å². The van der Waals surface area contributed by atoms with Crippen molar-refractivity contribution in [1.29, 1.82) is 0 Å². The van der Waals surface area contributed by atoms with Crippen molar-refractivity contribution in [2.24, 2.45) is 0 Å². The van der Waals surface area contributed by atoms with E-state index in [1.54, 1.807) is 0 Å². The molecule has 0 atom stereocenters. The largest absolute Gasteiger partial charge is 0.433 e. The van der Waals surface area contributed by atoms with Gasteiger partial charge in [0.1, 0.15) is 11.8 Å². The normalized spacial score (nSPS) is 11.3. The minimum atomic E-state index is 0.315. The highest BCUT2D eigenvalue weighted by molar-refractivity contribution is 6.34. The van der Waals surface area contributed by atoms with E-state index < -0.39 is 0 Å². The van der Waals surface area contributed by atoms with E-state index >= 15 is 0 Å². The van der Waals surface area contributed by atoms with E-state index in [1.165, 1.54) is 6.33 Å². The fourth-order valence-corrected chi connectivity index (χ4v) is 1.69. The molecule has 0 radical (unpaired) electrons. The van der Waals surface area contributed by atoms with Gasteiger partial charge in [-0.3, -0.25) is 0 Å². The van der Waals surface area contributed by atoms with Crippen LogP contribution in [0.15, 0.2) is 22.9 Å². The Labute approximate surface area is 89.9 Å². The molecule has 0 fully saturated rings. The van der Waals surface area contributed by atoms with E-state index in [0.717, 1.165) is 11.1 Å². The van der Waals surface area contributed by atoms with Crippen LogP contribution in [0.2, 0.25) is 5.15 Å². The third kappa shape index (κ3) is 1.18. The lowest BCUT2D eigenvalue weighted by atomic mass is 10.3. The first-order chi connectivity index (χ1) is 7.25. The lowest BCUT2D eigenvalue weighted by Gasteiger charge is -1.89. The molecule has 0 aliphatic heterocycles. The summed E-state index contributed by atoms with van der Waals surface area (Å²) in [7, 11) is 0. The van der Waals surface area contributed by atoms with Gasteiger partial charge < -0.3 is 4.42 Å². The van der Waals surface area contributed by atoms with E-state index in [2.05, 4.69) is 15.0 Å². The summed E-state index contributed by atoms with van der Waals surface area (Å²) in [4.78, 5) is 12.2. The van der Waals surface area contributed by atoms with Crippen LogP contribution in [-0.2, 0) is 0 Å². The lowest BCUT2D eigenvalue weighted by Crippen LogP contribution is -1.80. The van der Waals surface area contributed by atoms with Crippen molar-refractivity contribution in [1.82, 2.24) is 15.0 Å². The summed E-state index contributed by atoms with van der Waals surface area (Å²) in [5, 5.41) is 1.18. The molecule has 5 heteroatoms. The van der Waals surface area contributed by atoms with Crippen molar-refractivity contribution < 1.29 is 4.42 Å². The first-order valence-electron chi connectivity index (χ1n) is 4.42. The molecule has 3 aromatic rings. The molecular formula is C10H6ClN3O. The van der Waals surface area contributed by atoms with Crippen molar-refractivity contribution >= 4 is 33.8 Å². The molecule has 15 heavy (non-hydrogen) atoms. The van der Waals surface area contributed by atoms with Gasteiger partial charge in [0.05, 0.1) is 5.39 Å². The number of pyridine rings is 1. The maximum atomic E-state index is 5.90. The van der Waals surface area contributed by atoms with E-state index in [0.29, 0.717) is 22.0 Å². The first kappa shape index (κ1) is 8.61. The summed E-state index contributed by atoms with van der Waals surface area (Å²) in [6.45, 7) is 1.90. The Kier molecular flexibility index (Phi) is 1.67. The Bertz CT molecular complexity index is 662. The number of hydrogen-bond acceptors (Lipinski definition) is 4. The molecule has 0 aliphatic rings. The molecule has 0 saturated carbocycles. The van der Waals surface area contributed by atoms with Crippen LogP contribution >= 0.6 is 11.6 Å². The van der Waals surface area contributed by atoms with Gasteiger partial charge in [-0.25, -0.2) is 15.0 Å². The number of aromatic nitrogens is 3. The summed E-state index contributed by atoms with van der Waals surface area (Å²) >= 11 is 5.90. The molecule has 3 rings (SSSR count). The fourth-order valence-electron chi connectivity index (χ4n) is 1.52. The van der Waals surface area contributed by atoms with Crippen LogP contribution in [0.25, 0.3) is 22.2 Å². The topological polar surface area (TPSA) is 51.8 Å². The number of nitrogens with zero attached hydrogens (tertiary/aromatic N) is 3. The maximum Gasteiger partial charge on any atom is 0.229 e. The van der Waals surface area contributed by atoms with Crippen molar-refractivity contribution in [2.45, 2.75) is 6.92 Å². The SMILES string of the molecule is Cc1ccc2c(n1)oc1c(Cl)ncnc12. The average molecular weight is 220 g/mol. The summed E-state index contributed by atoms with van der Waals surface area (Å²) in [5.74, 6) is 0. The fraction of sp³-hybridized carbons (Fsp3) is 0.100. The molecule has 3 aromatic heterocycles. The zero-order valence-corrected chi connectivity index (χ0v) is 8.62. The predicted octanol–water partition coefficient (Wildman–Crippen LogP) is 2.73. The number of rotatable bonds is 0. The van der Waals surface area contributed by atoms with Gasteiger partial charge >= 0.3 is 0 Å². The quantitative estimate of drug-likeness (QED) is 0.546. The molecule has 4 nitrogen and oxygen atoms in total. The maximum absolute atomic E-state index is 5.90. The first-order valence-corrected chi connectivity index (χ1v) is 4.80. The van der Waals surface area contributed by atoms with Crippen molar-refractivity contribution in [3.05, 3.63) is 29.3 Å². The van der Waals surface area contributed by atoms with E-state index in [-0.39, 0.29) is 0 Å². The molecule has 0 bridgehead atoms. The predicted molar refractivity (Wildman–Crippen MR) is 56.9 cm³/mol. The minimum Gasteiger partial charge on any atom is -0.433 e. The summed E-state index contributed by atoms with van der Waals surface area (Å²) in [5.41, 5.74) is 2.64. The number of hydrogen-bond donors (Lipinski definition) is 0. The van der Waals surface area contributed by atoms with Crippen LogP contribution in [-0.4, -0.2) is 15.0 Å². The third-order valence-corrected chi connectivity index (χ3v) is 2.48. The minimum absolute atomic E-state index is 0.315. The zero-order chi connectivity index (χ0) is 10.4. The number of fused-ring (bicyclic) bond motifs is 3. The van der Waals surface area contributed by atoms with Crippen LogP contribution in [0, 0.1) is 6.92 Å². The Balaban J connectivity index is 2.57. The monoisotopic (exact) mass is 219 g/mol. The molecule has 0 amide bonds.